The summed E-state index contributed by atoms with van der Waals surface area (Å²) < 4.78 is 17.0. The fraction of sp³-hybridized carbons (Fsp3) is 0.400. The van der Waals surface area contributed by atoms with E-state index < -0.39 is 6.67 Å². The van der Waals surface area contributed by atoms with Crippen LogP contribution in [0.1, 0.15) is 0 Å². The second kappa shape index (κ2) is 2.48. The van der Waals surface area contributed by atoms with Crippen molar-refractivity contribution in [3.05, 3.63) is 22.7 Å². The fourth-order valence-electron chi connectivity index (χ4n) is 0.537. The second-order valence-electron chi connectivity index (χ2n) is 1.54. The topological polar surface area (TPSA) is 35.1 Å². The maximum absolute atomic E-state index is 11.5. The molecule has 0 N–H and O–H groups in total. The van der Waals surface area contributed by atoms with Crippen LogP contribution >= 0.6 is 0 Å². The highest BCUT2D eigenvalue weighted by Gasteiger charge is 1.94. The van der Waals surface area contributed by atoms with Gasteiger partial charge >= 0.3 is 0 Å². The molecule has 0 spiro atoms. The Bertz CT molecular complexity index is 227. The molecule has 1 heterocycles. The summed E-state index contributed by atoms with van der Waals surface area (Å²) in [5, 5.41) is 0. The molecule has 1 aromatic heterocycles. The number of hydrogen-bond donors (Lipinski definition) is 0. The van der Waals surface area contributed by atoms with Crippen molar-refractivity contribution in [2.45, 2.75) is 6.54 Å². The molecule has 50 valence electrons. The predicted octanol–water partition coefficient (Wildman–Crippen LogP) is 0.411. The molecule has 0 unspecified atom stereocenters. The van der Waals surface area contributed by atoms with Crippen molar-refractivity contribution in [1.82, 2.24) is 4.74 Å². The summed E-state index contributed by atoms with van der Waals surface area (Å²) in [5.41, 5.74) is -0.298. The molecule has 3 nitrogen and oxygen atoms in total. The molecule has 4 heteroatoms. The van der Waals surface area contributed by atoms with Crippen LogP contribution in [0.5, 0.6) is 0 Å². The number of halogens is 1. The van der Waals surface area contributed by atoms with E-state index in [9.17, 15) is 9.18 Å². The first-order valence-corrected chi connectivity index (χ1v) is 2.55. The molecule has 0 fully saturated rings. The quantitative estimate of drug-likeness (QED) is 0.582. The smallest absolute Gasteiger partial charge is 0.282 e. The normalized spacial score (nSPS) is 9.89. The van der Waals surface area contributed by atoms with Crippen molar-refractivity contribution < 1.29 is 8.91 Å². The van der Waals surface area contributed by atoms with Gasteiger partial charge in [-0.3, -0.25) is 4.79 Å². The van der Waals surface area contributed by atoms with Crippen LogP contribution in [0.25, 0.3) is 0 Å². The van der Waals surface area contributed by atoms with Crippen LogP contribution in [-0.4, -0.2) is 11.4 Å². The largest absolute Gasteiger partial charge is 0.384 e. The monoisotopic (exact) mass is 131 g/mol. The molecule has 0 atom stereocenters. The van der Waals surface area contributed by atoms with Gasteiger partial charge in [-0.1, -0.05) is 0 Å². The molecule has 0 aromatic carbocycles. The second-order valence-corrected chi connectivity index (χ2v) is 1.54. The third kappa shape index (κ3) is 1.19. The van der Waals surface area contributed by atoms with E-state index in [-0.39, 0.29) is 12.1 Å². The minimum Gasteiger partial charge on any atom is -0.384 e. The summed E-state index contributed by atoms with van der Waals surface area (Å²) in [5.74, 6) is 0. The highest BCUT2D eigenvalue weighted by Crippen LogP contribution is 1.81. The van der Waals surface area contributed by atoms with E-state index in [0.29, 0.717) is 0 Å². The van der Waals surface area contributed by atoms with Crippen LogP contribution in [0.4, 0.5) is 4.39 Å². The first kappa shape index (κ1) is 6.07. The standard InChI is InChI=1S/C5H6FNO2/c6-2-3-7-5(8)1-4-9-7/h1,4H,2-3H2. The number of hydrogen-bond acceptors (Lipinski definition) is 2. The van der Waals surface area contributed by atoms with Gasteiger partial charge in [-0.25, -0.2) is 4.39 Å². The number of aryl methyl sites for hydroxylation is 1. The number of alkyl halides is 1. The summed E-state index contributed by atoms with van der Waals surface area (Å²) in [4.78, 5) is 10.5. The number of nitrogens with zero attached hydrogens (tertiary/aromatic N) is 1. The Kier molecular flexibility index (Phi) is 1.67. The molecule has 1 aromatic rings. The third-order valence-electron chi connectivity index (χ3n) is 0.932. The van der Waals surface area contributed by atoms with Crippen molar-refractivity contribution in [2.24, 2.45) is 0 Å². The maximum Gasteiger partial charge on any atom is 0.282 e. The number of aromatic nitrogens is 1. The zero-order valence-electron chi connectivity index (χ0n) is 4.71. The Morgan fingerprint density at radius 2 is 2.56 bits per heavy atom. The lowest BCUT2D eigenvalue weighted by Crippen LogP contribution is -2.13. The Labute approximate surface area is 50.7 Å². The summed E-state index contributed by atoms with van der Waals surface area (Å²) in [6.07, 6.45) is 1.23. The van der Waals surface area contributed by atoms with Crippen LogP contribution in [0.15, 0.2) is 21.6 Å². The van der Waals surface area contributed by atoms with Gasteiger partial charge in [-0.15, -0.1) is 0 Å². The first-order chi connectivity index (χ1) is 4.34. The minimum atomic E-state index is -0.576. The Morgan fingerprint density at radius 3 is 3.00 bits per heavy atom. The van der Waals surface area contributed by atoms with E-state index in [2.05, 4.69) is 4.52 Å². The summed E-state index contributed by atoms with van der Waals surface area (Å²) >= 11 is 0. The summed E-state index contributed by atoms with van der Waals surface area (Å²) in [6.45, 7) is -0.570. The van der Waals surface area contributed by atoms with Crippen molar-refractivity contribution >= 4 is 0 Å². The average Bonchev–Trinajstić information content (AvgIpc) is 2.18. The molecule has 0 aliphatic heterocycles. The molecule has 0 saturated heterocycles. The number of rotatable bonds is 2. The van der Waals surface area contributed by atoms with E-state index >= 15 is 0 Å². The van der Waals surface area contributed by atoms with Crippen LogP contribution in [0.2, 0.25) is 0 Å². The van der Waals surface area contributed by atoms with E-state index in [1.807, 2.05) is 0 Å². The highest BCUT2D eigenvalue weighted by atomic mass is 19.1. The lowest BCUT2D eigenvalue weighted by molar-refractivity contribution is 0.238. The van der Waals surface area contributed by atoms with Crippen LogP contribution in [0, 0.1) is 0 Å². The lowest BCUT2D eigenvalue weighted by atomic mass is 10.7. The van der Waals surface area contributed by atoms with Crippen molar-refractivity contribution in [2.75, 3.05) is 6.67 Å². The van der Waals surface area contributed by atoms with Crippen molar-refractivity contribution in [3.63, 3.8) is 0 Å². The zero-order valence-corrected chi connectivity index (χ0v) is 4.71. The molecular formula is C5H6FNO2. The molecule has 0 radical (unpaired) electrons. The zero-order chi connectivity index (χ0) is 6.69. The first-order valence-electron chi connectivity index (χ1n) is 2.55. The SMILES string of the molecule is O=c1ccon1CCF. The van der Waals surface area contributed by atoms with Gasteiger partial charge in [0, 0.05) is 6.07 Å². The van der Waals surface area contributed by atoms with Gasteiger partial charge in [0.25, 0.3) is 5.56 Å². The van der Waals surface area contributed by atoms with E-state index in [1.54, 1.807) is 0 Å². The van der Waals surface area contributed by atoms with Crippen LogP contribution < -0.4 is 5.56 Å². The van der Waals surface area contributed by atoms with Gasteiger partial charge < -0.3 is 4.52 Å². The highest BCUT2D eigenvalue weighted by molar-refractivity contribution is 4.75. The summed E-state index contributed by atoms with van der Waals surface area (Å²) in [7, 11) is 0. The van der Waals surface area contributed by atoms with E-state index in [4.69, 9.17) is 0 Å². The van der Waals surface area contributed by atoms with Crippen molar-refractivity contribution in [1.29, 1.82) is 0 Å². The Morgan fingerprint density at radius 1 is 1.78 bits per heavy atom. The van der Waals surface area contributed by atoms with Crippen LogP contribution in [-0.2, 0) is 6.54 Å². The molecule has 0 saturated carbocycles. The molecule has 0 bridgehead atoms. The van der Waals surface area contributed by atoms with Gasteiger partial charge in [-0.05, 0) is 0 Å². The third-order valence-corrected chi connectivity index (χ3v) is 0.932. The Hall–Kier alpha value is -1.06. The maximum atomic E-state index is 11.5. The van der Waals surface area contributed by atoms with Crippen LogP contribution in [0.3, 0.4) is 0 Å². The van der Waals surface area contributed by atoms with Gasteiger partial charge in [0.1, 0.15) is 12.9 Å². The molecule has 9 heavy (non-hydrogen) atoms. The predicted molar refractivity (Wildman–Crippen MR) is 28.9 cm³/mol. The van der Waals surface area contributed by atoms with E-state index in [0.717, 1.165) is 4.74 Å². The molecule has 0 amide bonds. The van der Waals surface area contributed by atoms with Gasteiger partial charge in [0.2, 0.25) is 0 Å². The van der Waals surface area contributed by atoms with E-state index in [1.165, 1.54) is 12.3 Å². The van der Waals surface area contributed by atoms with Gasteiger partial charge in [-0.2, -0.15) is 4.74 Å². The van der Waals surface area contributed by atoms with Crippen molar-refractivity contribution in [3.8, 4) is 0 Å². The lowest BCUT2D eigenvalue weighted by Gasteiger charge is -1.89. The minimum absolute atomic E-state index is 0.00579. The summed E-state index contributed by atoms with van der Waals surface area (Å²) in [6, 6.07) is 1.25. The Balaban J connectivity index is 2.81. The fourth-order valence-corrected chi connectivity index (χ4v) is 0.537. The molecule has 1 rings (SSSR count). The van der Waals surface area contributed by atoms with Gasteiger partial charge in [0.15, 0.2) is 0 Å². The van der Waals surface area contributed by atoms with Gasteiger partial charge in [0.05, 0.1) is 6.54 Å². The average molecular weight is 131 g/mol. The molecular weight excluding hydrogens is 125 g/mol. The molecule has 0 aliphatic carbocycles. The molecule has 0 aliphatic rings.